The Morgan fingerprint density at radius 1 is 1.39 bits per heavy atom. The van der Waals surface area contributed by atoms with E-state index in [4.69, 9.17) is 9.57 Å². The highest BCUT2D eigenvalue weighted by Gasteiger charge is 2.20. The van der Waals surface area contributed by atoms with Gasteiger partial charge in [0.05, 0.1) is 7.11 Å². The van der Waals surface area contributed by atoms with Gasteiger partial charge >= 0.3 is 0 Å². The van der Waals surface area contributed by atoms with Gasteiger partial charge in [-0.05, 0) is 24.2 Å². The van der Waals surface area contributed by atoms with Crippen molar-refractivity contribution in [3.8, 4) is 0 Å². The summed E-state index contributed by atoms with van der Waals surface area (Å²) in [5.41, 5.74) is 1.25. The number of carbonyl (C=O) groups excluding carboxylic acids is 1. The summed E-state index contributed by atoms with van der Waals surface area (Å²) in [5, 5.41) is 2.11. The number of nitrogens with zero attached hydrogens (tertiary/aromatic N) is 3. The van der Waals surface area contributed by atoms with Gasteiger partial charge in [0.1, 0.15) is 18.1 Å². The van der Waals surface area contributed by atoms with Gasteiger partial charge in [0.25, 0.3) is 5.91 Å². The zero-order valence-electron chi connectivity index (χ0n) is 14.5. The van der Waals surface area contributed by atoms with Gasteiger partial charge in [0, 0.05) is 33.3 Å². The first-order valence-electron chi connectivity index (χ1n) is 7.67. The quantitative estimate of drug-likeness (QED) is 0.443. The first-order valence-corrected chi connectivity index (χ1v) is 11.4. The lowest BCUT2D eigenvalue weighted by molar-refractivity contribution is -0.0766. The average Bonchev–Trinajstić information content (AvgIpc) is 2.87. The molecule has 23 heavy (non-hydrogen) atoms. The molecule has 2 rings (SSSR count). The number of carbonyl (C=O) groups is 1. The van der Waals surface area contributed by atoms with E-state index in [9.17, 15) is 4.79 Å². The van der Waals surface area contributed by atoms with E-state index in [-0.39, 0.29) is 5.91 Å². The van der Waals surface area contributed by atoms with Crippen LogP contribution in [0.25, 0.3) is 11.0 Å². The van der Waals surface area contributed by atoms with Crippen LogP contribution in [0.2, 0.25) is 25.7 Å². The molecule has 126 valence electrons. The van der Waals surface area contributed by atoms with E-state index in [1.807, 2.05) is 18.2 Å². The van der Waals surface area contributed by atoms with Gasteiger partial charge in [-0.15, -0.1) is 0 Å². The van der Waals surface area contributed by atoms with E-state index >= 15 is 0 Å². The molecule has 0 saturated carbocycles. The van der Waals surface area contributed by atoms with Crippen LogP contribution in [0.1, 0.15) is 10.5 Å². The number of amides is 1. The van der Waals surface area contributed by atoms with Crippen LogP contribution in [0.3, 0.4) is 0 Å². The van der Waals surface area contributed by atoms with E-state index in [2.05, 4.69) is 24.6 Å². The summed E-state index contributed by atoms with van der Waals surface area (Å²) in [7, 11) is 1.92. The lowest BCUT2D eigenvalue weighted by Gasteiger charge is -2.18. The summed E-state index contributed by atoms with van der Waals surface area (Å²) in [6.45, 7) is 7.93. The van der Waals surface area contributed by atoms with Crippen LogP contribution in [0.4, 0.5) is 0 Å². The number of aromatic nitrogens is 2. The van der Waals surface area contributed by atoms with Crippen molar-refractivity contribution in [3.63, 3.8) is 0 Å². The van der Waals surface area contributed by atoms with Crippen molar-refractivity contribution in [1.82, 2.24) is 14.6 Å². The van der Waals surface area contributed by atoms with Crippen LogP contribution in [0.5, 0.6) is 0 Å². The maximum absolute atomic E-state index is 12.5. The molecule has 0 unspecified atom stereocenters. The maximum atomic E-state index is 12.5. The first-order chi connectivity index (χ1) is 10.8. The van der Waals surface area contributed by atoms with Gasteiger partial charge < -0.3 is 4.74 Å². The maximum Gasteiger partial charge on any atom is 0.293 e. The molecule has 0 radical (unpaired) electrons. The zero-order chi connectivity index (χ0) is 17.0. The molecule has 7 heteroatoms. The molecule has 1 amide bonds. The smallest absolute Gasteiger partial charge is 0.293 e. The number of hydroxylamine groups is 2. The van der Waals surface area contributed by atoms with E-state index in [0.717, 1.165) is 17.1 Å². The van der Waals surface area contributed by atoms with E-state index in [1.165, 1.54) is 12.2 Å². The molecular formula is C16H25N3O3Si. The minimum Gasteiger partial charge on any atom is -0.361 e. The predicted octanol–water partition coefficient (Wildman–Crippen LogP) is 2.98. The molecule has 6 nitrogen and oxygen atoms in total. The normalized spacial score (nSPS) is 11.9. The van der Waals surface area contributed by atoms with Crippen LogP contribution in [-0.4, -0.2) is 49.4 Å². The molecule has 2 aromatic rings. The first kappa shape index (κ1) is 17.6. The lowest BCUT2D eigenvalue weighted by Crippen LogP contribution is -2.28. The fourth-order valence-electron chi connectivity index (χ4n) is 2.17. The highest BCUT2D eigenvalue weighted by Crippen LogP contribution is 2.19. The Kier molecular flexibility index (Phi) is 5.56. The number of fused-ring (bicyclic) bond motifs is 1. The summed E-state index contributed by atoms with van der Waals surface area (Å²) in [6, 6.07) is 6.69. The van der Waals surface area contributed by atoms with Crippen LogP contribution in [0.15, 0.2) is 24.4 Å². The van der Waals surface area contributed by atoms with Gasteiger partial charge in [-0.1, -0.05) is 19.6 Å². The largest absolute Gasteiger partial charge is 0.361 e. The number of ether oxygens (including phenoxy) is 1. The predicted molar refractivity (Wildman–Crippen MR) is 92.9 cm³/mol. The molecular weight excluding hydrogens is 310 g/mol. The van der Waals surface area contributed by atoms with Crippen molar-refractivity contribution < 1.29 is 14.4 Å². The Hall–Kier alpha value is -1.70. The monoisotopic (exact) mass is 335 g/mol. The summed E-state index contributed by atoms with van der Waals surface area (Å²) in [6.07, 6.45) is 1.72. The van der Waals surface area contributed by atoms with E-state index in [1.54, 1.807) is 17.8 Å². The Bertz CT molecular complexity index is 679. The molecule has 0 spiro atoms. The highest BCUT2D eigenvalue weighted by atomic mass is 28.3. The van der Waals surface area contributed by atoms with Gasteiger partial charge in [-0.25, -0.2) is 10.0 Å². The Morgan fingerprint density at radius 3 is 2.78 bits per heavy atom. The van der Waals surface area contributed by atoms with Crippen molar-refractivity contribution in [1.29, 1.82) is 0 Å². The second kappa shape index (κ2) is 7.25. The Labute approximate surface area is 138 Å². The van der Waals surface area contributed by atoms with Gasteiger partial charge in [0.2, 0.25) is 0 Å². The minimum absolute atomic E-state index is 0.223. The van der Waals surface area contributed by atoms with Crippen LogP contribution >= 0.6 is 0 Å². The molecule has 0 bridgehead atoms. The van der Waals surface area contributed by atoms with Crippen molar-refractivity contribution >= 4 is 25.0 Å². The van der Waals surface area contributed by atoms with Gasteiger partial charge in [-0.3, -0.25) is 14.2 Å². The summed E-state index contributed by atoms with van der Waals surface area (Å²) in [4.78, 5) is 21.8. The fraction of sp³-hybridized carbons (Fsp3) is 0.500. The Balaban J connectivity index is 2.23. The van der Waals surface area contributed by atoms with Crippen LogP contribution in [0, 0.1) is 0 Å². The fourth-order valence-corrected chi connectivity index (χ4v) is 2.93. The lowest BCUT2D eigenvalue weighted by atomic mass is 10.3. The number of hydrogen-bond acceptors (Lipinski definition) is 4. The molecule has 2 heterocycles. The summed E-state index contributed by atoms with van der Waals surface area (Å²) in [5.74, 6) is -0.223. The zero-order valence-corrected chi connectivity index (χ0v) is 15.5. The highest BCUT2D eigenvalue weighted by molar-refractivity contribution is 6.76. The third-order valence-corrected chi connectivity index (χ3v) is 5.36. The van der Waals surface area contributed by atoms with E-state index < -0.39 is 8.07 Å². The van der Waals surface area contributed by atoms with E-state index in [0.29, 0.717) is 19.0 Å². The topological polar surface area (TPSA) is 56.6 Å². The molecule has 0 aliphatic heterocycles. The van der Waals surface area contributed by atoms with Crippen molar-refractivity contribution in [3.05, 3.63) is 30.1 Å². The third kappa shape index (κ3) is 4.40. The molecule has 0 atom stereocenters. The standard InChI is InChI=1S/C16H25N3O3Si/c1-18(21-2)16(20)14-11-13-7-6-8-17-15(13)19(14)12-22-9-10-23(3,4)5/h6-8,11H,9-10,12H2,1-5H3. The summed E-state index contributed by atoms with van der Waals surface area (Å²) < 4.78 is 7.62. The molecule has 0 aliphatic rings. The SMILES string of the molecule is CON(C)C(=O)c1cc2cccnc2n1COCC[Si](C)(C)C. The molecule has 0 saturated heterocycles. The average molecular weight is 335 g/mol. The third-order valence-electron chi connectivity index (χ3n) is 3.65. The van der Waals surface area contributed by atoms with Crippen molar-refractivity contribution in [2.75, 3.05) is 20.8 Å². The second-order valence-corrected chi connectivity index (χ2v) is 12.3. The Morgan fingerprint density at radius 2 is 2.13 bits per heavy atom. The second-order valence-electron chi connectivity index (χ2n) is 6.71. The number of pyridine rings is 1. The summed E-state index contributed by atoms with van der Waals surface area (Å²) >= 11 is 0. The van der Waals surface area contributed by atoms with Crippen molar-refractivity contribution in [2.45, 2.75) is 32.4 Å². The van der Waals surface area contributed by atoms with Gasteiger partial charge in [0.15, 0.2) is 0 Å². The molecule has 0 fully saturated rings. The number of rotatable bonds is 7. The molecule has 0 N–H and O–H groups in total. The van der Waals surface area contributed by atoms with Crippen LogP contribution in [-0.2, 0) is 16.3 Å². The van der Waals surface area contributed by atoms with Crippen LogP contribution < -0.4 is 0 Å². The molecule has 0 aromatic carbocycles. The molecule has 2 aromatic heterocycles. The van der Waals surface area contributed by atoms with Crippen molar-refractivity contribution in [2.24, 2.45) is 0 Å². The van der Waals surface area contributed by atoms with Gasteiger partial charge in [-0.2, -0.15) is 0 Å². The number of hydrogen-bond donors (Lipinski definition) is 0. The minimum atomic E-state index is -1.14. The molecule has 0 aliphatic carbocycles.